The fraction of sp³-hybridized carbons (Fsp3) is 0.160. The molecule has 2 heterocycles. The number of Topliss-reactive ketones (excluding diaryl/α,β-unsaturated/α-hetero) is 1. The summed E-state index contributed by atoms with van der Waals surface area (Å²) in [5.41, 5.74) is 3.62. The molecule has 1 aromatic heterocycles. The van der Waals surface area contributed by atoms with Gasteiger partial charge in [0.25, 0.3) is 11.7 Å². The number of pyridine rings is 1. The van der Waals surface area contributed by atoms with E-state index in [1.54, 1.807) is 55.9 Å². The van der Waals surface area contributed by atoms with Gasteiger partial charge in [-0.15, -0.1) is 0 Å². The van der Waals surface area contributed by atoms with Crippen molar-refractivity contribution in [2.24, 2.45) is 0 Å². The summed E-state index contributed by atoms with van der Waals surface area (Å²) < 4.78 is 5.17. The van der Waals surface area contributed by atoms with Crippen molar-refractivity contribution in [1.82, 2.24) is 4.98 Å². The Hall–Kier alpha value is -3.93. The topological polar surface area (TPSA) is 79.7 Å². The maximum Gasteiger partial charge on any atom is 0.300 e. The summed E-state index contributed by atoms with van der Waals surface area (Å²) in [5, 5.41) is 11.1. The van der Waals surface area contributed by atoms with Gasteiger partial charge < -0.3 is 9.84 Å². The first-order valence-corrected chi connectivity index (χ1v) is 9.85. The van der Waals surface area contributed by atoms with Crippen molar-refractivity contribution >= 4 is 23.1 Å². The normalized spacial score (nSPS) is 17.8. The van der Waals surface area contributed by atoms with Gasteiger partial charge in [-0.2, -0.15) is 0 Å². The number of carbonyl (C=O) groups excluding carboxylic acids is 2. The van der Waals surface area contributed by atoms with E-state index < -0.39 is 17.7 Å². The summed E-state index contributed by atoms with van der Waals surface area (Å²) in [6.45, 7) is 3.86. The Kier molecular flexibility index (Phi) is 5.29. The van der Waals surface area contributed by atoms with E-state index in [0.29, 0.717) is 22.6 Å². The number of hydrogen-bond acceptors (Lipinski definition) is 5. The van der Waals surface area contributed by atoms with Crippen LogP contribution in [-0.4, -0.2) is 28.9 Å². The van der Waals surface area contributed by atoms with Crippen LogP contribution < -0.4 is 9.64 Å². The molecule has 1 aliphatic heterocycles. The fourth-order valence-corrected chi connectivity index (χ4v) is 3.91. The van der Waals surface area contributed by atoms with Crippen molar-refractivity contribution in [3.05, 3.63) is 94.8 Å². The number of ether oxygens (including phenoxy) is 1. The van der Waals surface area contributed by atoms with E-state index in [4.69, 9.17) is 4.74 Å². The predicted molar refractivity (Wildman–Crippen MR) is 118 cm³/mol. The number of benzene rings is 2. The highest BCUT2D eigenvalue weighted by atomic mass is 16.5. The molecule has 31 heavy (non-hydrogen) atoms. The minimum absolute atomic E-state index is 0.0307. The van der Waals surface area contributed by atoms with Gasteiger partial charge >= 0.3 is 0 Å². The van der Waals surface area contributed by atoms with Crippen LogP contribution in [0.4, 0.5) is 5.69 Å². The lowest BCUT2D eigenvalue weighted by Gasteiger charge is -2.26. The molecular formula is C25H22N2O4. The van der Waals surface area contributed by atoms with E-state index >= 15 is 0 Å². The summed E-state index contributed by atoms with van der Waals surface area (Å²) in [6, 6.07) is 15.1. The van der Waals surface area contributed by atoms with Crippen LogP contribution in [0.2, 0.25) is 0 Å². The number of methoxy groups -OCH3 is 1. The van der Waals surface area contributed by atoms with Crippen LogP contribution in [-0.2, 0) is 9.59 Å². The van der Waals surface area contributed by atoms with Crippen LogP contribution in [0.5, 0.6) is 5.75 Å². The summed E-state index contributed by atoms with van der Waals surface area (Å²) in [4.78, 5) is 31.9. The number of hydrogen-bond donors (Lipinski definition) is 1. The number of amides is 1. The number of carbonyl (C=O) groups is 2. The van der Waals surface area contributed by atoms with Gasteiger partial charge in [0.05, 0.1) is 18.7 Å². The van der Waals surface area contributed by atoms with Crippen molar-refractivity contribution in [1.29, 1.82) is 0 Å². The average Bonchev–Trinajstić information content (AvgIpc) is 3.04. The third-order valence-corrected chi connectivity index (χ3v) is 5.42. The van der Waals surface area contributed by atoms with Crippen molar-refractivity contribution in [3.63, 3.8) is 0 Å². The van der Waals surface area contributed by atoms with Gasteiger partial charge in [-0.05, 0) is 61.4 Å². The zero-order valence-corrected chi connectivity index (χ0v) is 17.5. The Balaban J connectivity index is 1.93. The molecule has 1 saturated heterocycles. The Morgan fingerprint density at radius 2 is 1.81 bits per heavy atom. The molecule has 0 saturated carbocycles. The van der Waals surface area contributed by atoms with E-state index in [1.165, 1.54) is 4.90 Å². The SMILES string of the molecule is COc1ccc(/C(O)=C2\C(=O)C(=O)N(c3ccc(C)cc3C)C2c2cccnc2)cc1. The van der Waals surface area contributed by atoms with E-state index in [-0.39, 0.29) is 11.3 Å². The van der Waals surface area contributed by atoms with Crippen LogP contribution in [0.3, 0.4) is 0 Å². The largest absolute Gasteiger partial charge is 0.507 e. The molecule has 0 bridgehead atoms. The minimum atomic E-state index is -0.794. The second-order valence-corrected chi connectivity index (χ2v) is 7.47. The quantitative estimate of drug-likeness (QED) is 0.390. The van der Waals surface area contributed by atoms with Crippen molar-refractivity contribution in [3.8, 4) is 5.75 Å². The molecule has 1 unspecified atom stereocenters. The Morgan fingerprint density at radius 3 is 2.42 bits per heavy atom. The van der Waals surface area contributed by atoms with Crippen LogP contribution in [0.1, 0.15) is 28.3 Å². The highest BCUT2D eigenvalue weighted by Gasteiger charge is 2.47. The maximum absolute atomic E-state index is 13.2. The van der Waals surface area contributed by atoms with Gasteiger partial charge in [-0.3, -0.25) is 19.5 Å². The molecule has 4 rings (SSSR count). The lowest BCUT2D eigenvalue weighted by molar-refractivity contribution is -0.132. The van der Waals surface area contributed by atoms with Gasteiger partial charge in [-0.25, -0.2) is 0 Å². The maximum atomic E-state index is 13.2. The monoisotopic (exact) mass is 414 g/mol. The fourth-order valence-electron chi connectivity index (χ4n) is 3.91. The zero-order chi connectivity index (χ0) is 22.1. The molecule has 6 heteroatoms. The molecule has 0 aliphatic carbocycles. The first-order chi connectivity index (χ1) is 14.9. The average molecular weight is 414 g/mol. The van der Waals surface area contributed by atoms with E-state index in [1.807, 2.05) is 32.0 Å². The molecule has 1 aliphatic rings. The first-order valence-electron chi connectivity index (χ1n) is 9.85. The smallest absolute Gasteiger partial charge is 0.300 e. The number of aliphatic hydroxyl groups excluding tert-OH is 1. The lowest BCUT2D eigenvalue weighted by atomic mass is 9.96. The molecule has 6 nitrogen and oxygen atoms in total. The molecule has 0 spiro atoms. The molecule has 156 valence electrons. The van der Waals surface area contributed by atoms with Gasteiger partial charge in [0.15, 0.2) is 0 Å². The number of ketones is 1. The number of rotatable bonds is 4. The van der Waals surface area contributed by atoms with Gasteiger partial charge in [0.1, 0.15) is 11.5 Å². The van der Waals surface area contributed by atoms with Crippen molar-refractivity contribution in [2.75, 3.05) is 12.0 Å². The van der Waals surface area contributed by atoms with E-state index in [9.17, 15) is 14.7 Å². The van der Waals surface area contributed by atoms with Gasteiger partial charge in [0, 0.05) is 23.6 Å². The highest BCUT2D eigenvalue weighted by Crippen LogP contribution is 2.43. The molecule has 2 aromatic carbocycles. The third-order valence-electron chi connectivity index (χ3n) is 5.42. The number of aromatic nitrogens is 1. The van der Waals surface area contributed by atoms with Gasteiger partial charge in [0.2, 0.25) is 0 Å². The third kappa shape index (κ3) is 3.57. The standard InChI is InChI=1S/C25H22N2O4/c1-15-6-11-20(16(2)13-15)27-22(18-5-4-12-26-14-18)21(24(29)25(27)30)23(28)17-7-9-19(31-3)10-8-17/h4-14,22,28H,1-3H3/b23-21+. The summed E-state index contributed by atoms with van der Waals surface area (Å²) >= 11 is 0. The summed E-state index contributed by atoms with van der Waals surface area (Å²) in [6.07, 6.45) is 3.23. The lowest BCUT2D eigenvalue weighted by Crippen LogP contribution is -2.30. The number of anilines is 1. The Labute approximate surface area is 180 Å². The first kappa shape index (κ1) is 20.3. The zero-order valence-electron chi connectivity index (χ0n) is 17.5. The van der Waals surface area contributed by atoms with Crippen LogP contribution in [0.15, 0.2) is 72.6 Å². The second-order valence-electron chi connectivity index (χ2n) is 7.47. The molecule has 0 radical (unpaired) electrons. The molecule has 1 atom stereocenters. The summed E-state index contributed by atoms with van der Waals surface area (Å²) in [7, 11) is 1.55. The van der Waals surface area contributed by atoms with Crippen LogP contribution in [0.25, 0.3) is 5.76 Å². The molecule has 3 aromatic rings. The van der Waals surface area contributed by atoms with Crippen molar-refractivity contribution < 1.29 is 19.4 Å². The van der Waals surface area contributed by atoms with E-state index in [0.717, 1.165) is 11.1 Å². The van der Waals surface area contributed by atoms with Crippen LogP contribution in [0, 0.1) is 13.8 Å². The molecular weight excluding hydrogens is 392 g/mol. The Morgan fingerprint density at radius 1 is 1.06 bits per heavy atom. The number of aliphatic hydroxyl groups is 1. The molecule has 1 fully saturated rings. The molecule has 1 N–H and O–H groups in total. The number of aryl methyl sites for hydroxylation is 2. The highest BCUT2D eigenvalue weighted by molar-refractivity contribution is 6.51. The van der Waals surface area contributed by atoms with Gasteiger partial charge in [-0.1, -0.05) is 23.8 Å². The second kappa shape index (κ2) is 8.07. The Bertz CT molecular complexity index is 1180. The van der Waals surface area contributed by atoms with Crippen molar-refractivity contribution in [2.45, 2.75) is 19.9 Å². The molecule has 1 amide bonds. The van der Waals surface area contributed by atoms with Crippen LogP contribution >= 0.6 is 0 Å². The predicted octanol–water partition coefficient (Wildman–Crippen LogP) is 4.33. The number of nitrogens with zero attached hydrogens (tertiary/aromatic N) is 2. The van der Waals surface area contributed by atoms with E-state index in [2.05, 4.69) is 4.98 Å². The summed E-state index contributed by atoms with van der Waals surface area (Å²) in [5.74, 6) is -1.03. The minimum Gasteiger partial charge on any atom is -0.507 e.